The Morgan fingerprint density at radius 1 is 1.05 bits per heavy atom. The summed E-state index contributed by atoms with van der Waals surface area (Å²) in [4.78, 5) is 27.1. The van der Waals surface area contributed by atoms with E-state index in [-0.39, 0.29) is 19.0 Å². The largest absolute Gasteiger partial charge is 0.339 e. The Hall–Kier alpha value is -2.02. The average molecular weight is 311 g/mol. The fourth-order valence-electron chi connectivity index (χ4n) is 2.43. The number of hydrogen-bond donors (Lipinski definition) is 1. The average Bonchev–Trinajstić information content (AvgIpc) is 2.52. The summed E-state index contributed by atoms with van der Waals surface area (Å²) in [5, 5.41) is 0. The monoisotopic (exact) mass is 311 g/mol. The van der Waals surface area contributed by atoms with Gasteiger partial charge < -0.3 is 15.5 Å². The quantitative estimate of drug-likeness (QED) is 0.902. The smallest absolute Gasteiger partial charge is 0.259 e. The summed E-state index contributed by atoms with van der Waals surface area (Å²) in [5.41, 5.74) is 4.83. The Bertz CT molecular complexity index is 537. The van der Waals surface area contributed by atoms with Crippen LogP contribution in [-0.4, -0.2) is 54.3 Å². The van der Waals surface area contributed by atoms with Crippen LogP contribution in [-0.2, 0) is 4.79 Å². The van der Waals surface area contributed by atoms with Gasteiger partial charge in [0, 0.05) is 32.6 Å². The first-order valence-electron chi connectivity index (χ1n) is 7.25. The Labute approximate surface area is 127 Å². The maximum Gasteiger partial charge on any atom is 0.259 e. The van der Waals surface area contributed by atoms with Crippen molar-refractivity contribution in [3.05, 3.63) is 35.4 Å². The molecule has 1 aromatic carbocycles. The Balaban J connectivity index is 1.97. The van der Waals surface area contributed by atoms with Gasteiger partial charge in [0.05, 0.1) is 0 Å². The van der Waals surface area contributed by atoms with Crippen molar-refractivity contribution in [3.8, 4) is 0 Å². The van der Waals surface area contributed by atoms with E-state index in [9.17, 15) is 18.4 Å². The molecule has 1 aliphatic rings. The molecule has 1 aromatic rings. The third-order valence-corrected chi connectivity index (χ3v) is 3.69. The first kappa shape index (κ1) is 16.4. The van der Waals surface area contributed by atoms with Crippen molar-refractivity contribution in [1.29, 1.82) is 0 Å². The van der Waals surface area contributed by atoms with Crippen LogP contribution in [0.4, 0.5) is 8.78 Å². The van der Waals surface area contributed by atoms with Crippen LogP contribution in [0.2, 0.25) is 0 Å². The van der Waals surface area contributed by atoms with Crippen LogP contribution in [0.25, 0.3) is 0 Å². The fraction of sp³-hybridized carbons (Fsp3) is 0.467. The predicted octanol–water partition coefficient (Wildman–Crippen LogP) is 0.988. The normalized spacial score (nSPS) is 15.0. The number of nitrogens with zero attached hydrogens (tertiary/aromatic N) is 2. The van der Waals surface area contributed by atoms with Gasteiger partial charge in [-0.15, -0.1) is 0 Å². The Morgan fingerprint density at radius 3 is 2.14 bits per heavy atom. The third-order valence-electron chi connectivity index (χ3n) is 3.69. The lowest BCUT2D eigenvalue weighted by atomic mass is 10.1. The molecular formula is C15H19F2N3O2. The van der Waals surface area contributed by atoms with Crippen LogP contribution in [0.5, 0.6) is 0 Å². The van der Waals surface area contributed by atoms with Crippen LogP contribution in [0.15, 0.2) is 18.2 Å². The number of nitrogens with two attached hydrogens (primary N) is 1. The third kappa shape index (κ3) is 3.59. The number of benzene rings is 1. The molecule has 22 heavy (non-hydrogen) atoms. The molecule has 1 aliphatic heterocycles. The van der Waals surface area contributed by atoms with Crippen molar-refractivity contribution in [2.24, 2.45) is 5.73 Å². The molecule has 1 saturated heterocycles. The van der Waals surface area contributed by atoms with Crippen molar-refractivity contribution in [2.75, 3.05) is 32.7 Å². The molecule has 1 fully saturated rings. The van der Waals surface area contributed by atoms with E-state index < -0.39 is 23.1 Å². The van der Waals surface area contributed by atoms with Crippen LogP contribution in [0.3, 0.4) is 0 Å². The van der Waals surface area contributed by atoms with Crippen molar-refractivity contribution >= 4 is 11.8 Å². The van der Waals surface area contributed by atoms with E-state index in [1.165, 1.54) is 11.0 Å². The lowest BCUT2D eigenvalue weighted by molar-refractivity contribution is -0.132. The molecule has 0 aromatic heterocycles. The molecule has 0 atom stereocenters. The highest BCUT2D eigenvalue weighted by molar-refractivity contribution is 5.95. The van der Waals surface area contributed by atoms with E-state index in [0.717, 1.165) is 12.1 Å². The second kappa shape index (κ2) is 7.31. The van der Waals surface area contributed by atoms with E-state index in [1.54, 1.807) is 4.90 Å². The minimum absolute atomic E-state index is 0.00498. The number of carbonyl (C=O) groups is 2. The molecule has 0 aliphatic carbocycles. The van der Waals surface area contributed by atoms with Gasteiger partial charge in [0.1, 0.15) is 17.2 Å². The van der Waals surface area contributed by atoms with E-state index in [2.05, 4.69) is 0 Å². The number of rotatable bonds is 4. The van der Waals surface area contributed by atoms with E-state index in [4.69, 9.17) is 5.73 Å². The molecule has 7 heteroatoms. The first-order chi connectivity index (χ1) is 10.5. The molecular weight excluding hydrogens is 292 g/mol. The molecule has 2 rings (SSSR count). The van der Waals surface area contributed by atoms with Crippen molar-refractivity contribution in [2.45, 2.75) is 12.8 Å². The predicted molar refractivity (Wildman–Crippen MR) is 77.1 cm³/mol. The molecule has 5 nitrogen and oxygen atoms in total. The zero-order valence-corrected chi connectivity index (χ0v) is 12.2. The van der Waals surface area contributed by atoms with Crippen LogP contribution in [0, 0.1) is 11.6 Å². The second-order valence-corrected chi connectivity index (χ2v) is 5.16. The number of amides is 2. The maximum absolute atomic E-state index is 13.6. The Kier molecular flexibility index (Phi) is 5.43. The topological polar surface area (TPSA) is 66.6 Å². The second-order valence-electron chi connectivity index (χ2n) is 5.16. The summed E-state index contributed by atoms with van der Waals surface area (Å²) in [5.74, 6) is -2.42. The van der Waals surface area contributed by atoms with Gasteiger partial charge in [-0.3, -0.25) is 9.59 Å². The highest BCUT2D eigenvalue weighted by Gasteiger charge is 2.27. The van der Waals surface area contributed by atoms with E-state index >= 15 is 0 Å². The molecule has 1 heterocycles. The van der Waals surface area contributed by atoms with Gasteiger partial charge in [-0.25, -0.2) is 8.78 Å². The van der Waals surface area contributed by atoms with Gasteiger partial charge in [0.25, 0.3) is 5.91 Å². The molecule has 0 radical (unpaired) electrons. The summed E-state index contributed by atoms with van der Waals surface area (Å²) in [6.45, 7) is 1.72. The van der Waals surface area contributed by atoms with Gasteiger partial charge in [-0.05, 0) is 25.1 Å². The van der Waals surface area contributed by atoms with Gasteiger partial charge in [-0.2, -0.15) is 0 Å². The molecule has 2 amide bonds. The van der Waals surface area contributed by atoms with E-state index in [1.807, 2.05) is 0 Å². The summed E-state index contributed by atoms with van der Waals surface area (Å²) < 4.78 is 27.3. The number of piperazine rings is 1. The highest BCUT2D eigenvalue weighted by atomic mass is 19.1. The maximum atomic E-state index is 13.6. The minimum atomic E-state index is -0.869. The first-order valence-corrected chi connectivity index (χ1v) is 7.25. The molecule has 2 N–H and O–H groups in total. The number of hydrogen-bond acceptors (Lipinski definition) is 3. The van der Waals surface area contributed by atoms with Crippen LogP contribution < -0.4 is 5.73 Å². The zero-order chi connectivity index (χ0) is 16.1. The van der Waals surface area contributed by atoms with Gasteiger partial charge in [0.15, 0.2) is 0 Å². The molecule has 0 saturated carbocycles. The highest BCUT2D eigenvalue weighted by Crippen LogP contribution is 2.16. The summed E-state index contributed by atoms with van der Waals surface area (Å²) in [6.07, 6.45) is 1.00. The van der Waals surface area contributed by atoms with Gasteiger partial charge in [0.2, 0.25) is 5.91 Å². The molecule has 0 bridgehead atoms. The number of carbonyl (C=O) groups excluding carboxylic acids is 2. The van der Waals surface area contributed by atoms with E-state index in [0.29, 0.717) is 32.5 Å². The molecule has 120 valence electrons. The number of halogens is 2. The lowest BCUT2D eigenvalue weighted by Gasteiger charge is -2.35. The standard InChI is InChI=1S/C15H19F2N3O2/c16-11-3-1-4-12(17)14(11)15(22)20-9-7-19(8-10-20)13(21)5-2-6-18/h1,3-4H,2,5-10,18H2. The zero-order valence-electron chi connectivity index (χ0n) is 12.2. The summed E-state index contributed by atoms with van der Waals surface area (Å²) >= 11 is 0. The summed E-state index contributed by atoms with van der Waals surface area (Å²) in [6, 6.07) is 3.33. The Morgan fingerprint density at radius 2 is 1.59 bits per heavy atom. The van der Waals surface area contributed by atoms with Gasteiger partial charge >= 0.3 is 0 Å². The minimum Gasteiger partial charge on any atom is -0.339 e. The summed E-state index contributed by atoms with van der Waals surface area (Å²) in [7, 11) is 0. The SMILES string of the molecule is NCCCC(=O)N1CCN(C(=O)c2c(F)cccc2F)CC1. The molecule has 0 spiro atoms. The van der Waals surface area contributed by atoms with Crippen molar-refractivity contribution < 1.29 is 18.4 Å². The van der Waals surface area contributed by atoms with Crippen LogP contribution in [0.1, 0.15) is 23.2 Å². The van der Waals surface area contributed by atoms with Crippen LogP contribution >= 0.6 is 0 Å². The van der Waals surface area contributed by atoms with Crippen molar-refractivity contribution in [3.63, 3.8) is 0 Å². The fourth-order valence-corrected chi connectivity index (χ4v) is 2.43. The lowest BCUT2D eigenvalue weighted by Crippen LogP contribution is -2.50. The van der Waals surface area contributed by atoms with Gasteiger partial charge in [-0.1, -0.05) is 6.07 Å². The van der Waals surface area contributed by atoms with Crippen molar-refractivity contribution in [1.82, 2.24) is 9.80 Å². The molecule has 0 unspecified atom stereocenters.